The van der Waals surface area contributed by atoms with Crippen LogP contribution >= 0.6 is 24.0 Å². The number of likely N-dealkylation sites (N-methyl/N-ethyl adjacent to an activating group) is 1. The molecule has 2 rings (SSSR count). The number of phenols is 1. The first-order valence-electron chi connectivity index (χ1n) is 9.55. The van der Waals surface area contributed by atoms with Crippen molar-refractivity contribution in [2.45, 2.75) is 19.8 Å². The summed E-state index contributed by atoms with van der Waals surface area (Å²) in [5, 5.41) is 12.9. The lowest BCUT2D eigenvalue weighted by atomic mass is 10.1. The fourth-order valence-electron chi connectivity index (χ4n) is 2.91. The standard InChI is InChI=1S/C22H31N3O3.HI/c1-5-23-22(24-13-11-17-7-6-8-19(26)15-17)25(2)14-12-18-9-10-20(27-3)21(16-18)28-4;/h6-10,15-16,26H,5,11-14H2,1-4H3,(H,23,24);1H. The Morgan fingerprint density at radius 3 is 2.41 bits per heavy atom. The van der Waals surface area contributed by atoms with Gasteiger partial charge in [0.1, 0.15) is 5.75 Å². The molecule has 2 aromatic carbocycles. The topological polar surface area (TPSA) is 66.3 Å². The predicted molar refractivity (Wildman–Crippen MR) is 129 cm³/mol. The third kappa shape index (κ3) is 8.00. The molecule has 29 heavy (non-hydrogen) atoms. The molecule has 160 valence electrons. The average Bonchev–Trinajstić information content (AvgIpc) is 2.71. The van der Waals surface area contributed by atoms with E-state index in [0.29, 0.717) is 12.3 Å². The van der Waals surface area contributed by atoms with Crippen LogP contribution in [0, 0.1) is 0 Å². The zero-order valence-corrected chi connectivity index (χ0v) is 20.0. The van der Waals surface area contributed by atoms with Gasteiger partial charge in [-0.3, -0.25) is 4.99 Å². The molecule has 0 saturated carbocycles. The molecule has 0 saturated heterocycles. The van der Waals surface area contributed by atoms with E-state index < -0.39 is 0 Å². The molecule has 2 aromatic rings. The first kappa shape index (κ1) is 24.9. The fraction of sp³-hybridized carbons (Fsp3) is 0.409. The minimum absolute atomic E-state index is 0. The summed E-state index contributed by atoms with van der Waals surface area (Å²) in [5.41, 5.74) is 2.26. The van der Waals surface area contributed by atoms with E-state index in [1.807, 2.05) is 31.3 Å². The lowest BCUT2D eigenvalue weighted by Crippen LogP contribution is -2.40. The van der Waals surface area contributed by atoms with Gasteiger partial charge in [-0.2, -0.15) is 0 Å². The Balaban J connectivity index is 0.00000420. The highest BCUT2D eigenvalue weighted by Crippen LogP contribution is 2.27. The Morgan fingerprint density at radius 1 is 1.03 bits per heavy atom. The second-order valence-corrected chi connectivity index (χ2v) is 6.52. The van der Waals surface area contributed by atoms with Crippen molar-refractivity contribution in [3.05, 3.63) is 53.6 Å². The number of nitrogens with one attached hydrogen (secondary N) is 1. The molecule has 0 spiro atoms. The maximum atomic E-state index is 9.57. The summed E-state index contributed by atoms with van der Waals surface area (Å²) >= 11 is 0. The van der Waals surface area contributed by atoms with E-state index in [4.69, 9.17) is 14.5 Å². The molecule has 7 heteroatoms. The number of hydrogen-bond donors (Lipinski definition) is 2. The Labute approximate surface area is 191 Å². The third-order valence-corrected chi connectivity index (χ3v) is 4.45. The number of halogens is 1. The van der Waals surface area contributed by atoms with Crippen LogP contribution in [-0.4, -0.2) is 56.9 Å². The van der Waals surface area contributed by atoms with Crippen molar-refractivity contribution in [2.24, 2.45) is 4.99 Å². The zero-order chi connectivity index (χ0) is 20.4. The van der Waals surface area contributed by atoms with Crippen LogP contribution in [0.3, 0.4) is 0 Å². The number of nitrogens with zero attached hydrogens (tertiary/aromatic N) is 2. The summed E-state index contributed by atoms with van der Waals surface area (Å²) in [7, 11) is 5.33. The SMILES string of the molecule is CCNC(=NCCc1cccc(O)c1)N(C)CCc1ccc(OC)c(OC)c1.I. The maximum Gasteiger partial charge on any atom is 0.193 e. The number of rotatable bonds is 9. The van der Waals surface area contributed by atoms with E-state index in [1.165, 1.54) is 5.56 Å². The van der Waals surface area contributed by atoms with Crippen molar-refractivity contribution in [2.75, 3.05) is 40.9 Å². The number of methoxy groups -OCH3 is 2. The van der Waals surface area contributed by atoms with E-state index in [1.54, 1.807) is 26.4 Å². The molecular formula is C22H32IN3O3. The number of phenolic OH excluding ortho intramolecular Hbond substituents is 1. The number of guanidine groups is 1. The Morgan fingerprint density at radius 2 is 1.76 bits per heavy atom. The number of benzene rings is 2. The molecular weight excluding hydrogens is 481 g/mol. The summed E-state index contributed by atoms with van der Waals surface area (Å²) < 4.78 is 10.7. The third-order valence-electron chi connectivity index (χ3n) is 4.45. The highest BCUT2D eigenvalue weighted by atomic mass is 127. The van der Waals surface area contributed by atoms with Crippen LogP contribution in [0.1, 0.15) is 18.1 Å². The molecule has 0 heterocycles. The number of hydrogen-bond acceptors (Lipinski definition) is 4. The molecule has 0 fully saturated rings. The van der Waals surface area contributed by atoms with Crippen LogP contribution in [0.15, 0.2) is 47.5 Å². The van der Waals surface area contributed by atoms with Crippen LogP contribution in [0.4, 0.5) is 0 Å². The largest absolute Gasteiger partial charge is 0.508 e. The van der Waals surface area contributed by atoms with Gasteiger partial charge < -0.3 is 24.8 Å². The number of aromatic hydroxyl groups is 1. The van der Waals surface area contributed by atoms with Gasteiger partial charge in [0.25, 0.3) is 0 Å². The van der Waals surface area contributed by atoms with Crippen LogP contribution in [0.2, 0.25) is 0 Å². The fourth-order valence-corrected chi connectivity index (χ4v) is 2.91. The zero-order valence-electron chi connectivity index (χ0n) is 17.6. The molecule has 0 aromatic heterocycles. The first-order chi connectivity index (χ1) is 13.6. The molecule has 0 aliphatic heterocycles. The highest BCUT2D eigenvalue weighted by molar-refractivity contribution is 14.0. The molecule has 0 atom stereocenters. The Hall–Kier alpha value is -2.16. The second-order valence-electron chi connectivity index (χ2n) is 6.52. The summed E-state index contributed by atoms with van der Waals surface area (Å²) in [4.78, 5) is 6.84. The normalized spacial score (nSPS) is 10.8. The Kier molecular flexibility index (Phi) is 11.3. The minimum Gasteiger partial charge on any atom is -0.508 e. The lowest BCUT2D eigenvalue weighted by molar-refractivity contribution is 0.354. The minimum atomic E-state index is 0. The number of ether oxygens (including phenoxy) is 2. The van der Waals surface area contributed by atoms with E-state index in [9.17, 15) is 5.11 Å². The first-order valence-corrected chi connectivity index (χ1v) is 9.55. The van der Waals surface area contributed by atoms with Crippen molar-refractivity contribution >= 4 is 29.9 Å². The van der Waals surface area contributed by atoms with Crippen molar-refractivity contribution in [3.63, 3.8) is 0 Å². The maximum absolute atomic E-state index is 9.57. The van der Waals surface area contributed by atoms with Gasteiger partial charge in [0.15, 0.2) is 17.5 Å². The Bertz CT molecular complexity index is 784. The van der Waals surface area contributed by atoms with Crippen molar-refractivity contribution in [1.82, 2.24) is 10.2 Å². The predicted octanol–water partition coefficient (Wildman–Crippen LogP) is 3.71. The smallest absolute Gasteiger partial charge is 0.193 e. The molecule has 0 aliphatic carbocycles. The van der Waals surface area contributed by atoms with E-state index in [0.717, 1.165) is 49.0 Å². The van der Waals surface area contributed by atoms with Crippen LogP contribution in [0.25, 0.3) is 0 Å². The van der Waals surface area contributed by atoms with Gasteiger partial charge in [0.2, 0.25) is 0 Å². The molecule has 0 unspecified atom stereocenters. The van der Waals surface area contributed by atoms with E-state index in [-0.39, 0.29) is 24.0 Å². The van der Waals surface area contributed by atoms with Crippen molar-refractivity contribution < 1.29 is 14.6 Å². The summed E-state index contributed by atoms with van der Waals surface area (Å²) in [6.07, 6.45) is 1.65. The van der Waals surface area contributed by atoms with Crippen molar-refractivity contribution in [3.8, 4) is 17.2 Å². The van der Waals surface area contributed by atoms with Gasteiger partial charge >= 0.3 is 0 Å². The van der Waals surface area contributed by atoms with Gasteiger partial charge in [-0.1, -0.05) is 18.2 Å². The van der Waals surface area contributed by atoms with Gasteiger partial charge in [0, 0.05) is 26.7 Å². The molecule has 0 radical (unpaired) electrons. The molecule has 0 aliphatic rings. The number of aliphatic imine (C=N–C) groups is 1. The molecule has 0 amide bonds. The molecule has 0 bridgehead atoms. The summed E-state index contributed by atoms with van der Waals surface area (Å²) in [6, 6.07) is 13.3. The van der Waals surface area contributed by atoms with Gasteiger partial charge in [0.05, 0.1) is 14.2 Å². The van der Waals surface area contributed by atoms with Gasteiger partial charge in [-0.15, -0.1) is 24.0 Å². The average molecular weight is 513 g/mol. The molecule has 2 N–H and O–H groups in total. The highest BCUT2D eigenvalue weighted by Gasteiger charge is 2.08. The second kappa shape index (κ2) is 13.1. The quantitative estimate of drug-likeness (QED) is 0.304. The van der Waals surface area contributed by atoms with Crippen LogP contribution < -0.4 is 14.8 Å². The summed E-state index contributed by atoms with van der Waals surface area (Å²) in [6.45, 7) is 4.36. The van der Waals surface area contributed by atoms with Gasteiger partial charge in [-0.25, -0.2) is 0 Å². The van der Waals surface area contributed by atoms with E-state index >= 15 is 0 Å². The van der Waals surface area contributed by atoms with Crippen molar-refractivity contribution in [1.29, 1.82) is 0 Å². The lowest BCUT2D eigenvalue weighted by Gasteiger charge is -2.22. The van der Waals surface area contributed by atoms with Gasteiger partial charge in [-0.05, 0) is 55.2 Å². The van der Waals surface area contributed by atoms with E-state index in [2.05, 4.69) is 23.2 Å². The van der Waals surface area contributed by atoms with Crippen LogP contribution in [-0.2, 0) is 12.8 Å². The monoisotopic (exact) mass is 513 g/mol. The molecule has 6 nitrogen and oxygen atoms in total. The van der Waals surface area contributed by atoms with Crippen LogP contribution in [0.5, 0.6) is 17.2 Å². The summed E-state index contributed by atoms with van der Waals surface area (Å²) in [5.74, 6) is 2.65.